The second kappa shape index (κ2) is 3.96. The largest absolute Gasteiger partial charge is 0.261 e. The van der Waals surface area contributed by atoms with E-state index < -0.39 is 0 Å². The zero-order valence-electron chi connectivity index (χ0n) is 8.01. The van der Waals surface area contributed by atoms with Crippen molar-refractivity contribution in [2.24, 2.45) is 0 Å². The van der Waals surface area contributed by atoms with E-state index in [2.05, 4.69) is 21.9 Å². The van der Waals surface area contributed by atoms with Crippen molar-refractivity contribution in [1.82, 2.24) is 15.0 Å². The number of rotatable bonds is 2. The fraction of sp³-hybridized carbons (Fsp3) is 0.182. The first-order chi connectivity index (χ1) is 6.90. The summed E-state index contributed by atoms with van der Waals surface area (Å²) >= 11 is 0. The van der Waals surface area contributed by atoms with Crippen molar-refractivity contribution >= 4 is 0 Å². The van der Waals surface area contributed by atoms with Crippen LogP contribution in [0.25, 0.3) is 11.4 Å². The van der Waals surface area contributed by atoms with Crippen molar-refractivity contribution in [2.75, 3.05) is 0 Å². The quantitative estimate of drug-likeness (QED) is 0.719. The molecule has 0 aliphatic heterocycles. The van der Waals surface area contributed by atoms with Crippen molar-refractivity contribution in [1.29, 1.82) is 0 Å². The van der Waals surface area contributed by atoms with Gasteiger partial charge in [-0.1, -0.05) is 6.92 Å². The lowest BCUT2D eigenvalue weighted by molar-refractivity contribution is 1.03. The Morgan fingerprint density at radius 2 is 1.86 bits per heavy atom. The van der Waals surface area contributed by atoms with Crippen LogP contribution in [0.1, 0.15) is 12.6 Å². The van der Waals surface area contributed by atoms with Gasteiger partial charge in [0.25, 0.3) is 0 Å². The minimum atomic E-state index is 0.725. The molecule has 0 aliphatic rings. The third-order valence-corrected chi connectivity index (χ3v) is 2.01. The molecule has 70 valence electrons. The highest BCUT2D eigenvalue weighted by atomic mass is 14.9. The smallest absolute Gasteiger partial charge is 0.160 e. The third-order valence-electron chi connectivity index (χ3n) is 2.01. The summed E-state index contributed by atoms with van der Waals surface area (Å²) in [7, 11) is 0. The number of hydrogen-bond donors (Lipinski definition) is 0. The molecule has 0 saturated heterocycles. The lowest BCUT2D eigenvalue weighted by Crippen LogP contribution is -1.90. The van der Waals surface area contributed by atoms with Crippen LogP contribution in [0, 0.1) is 0 Å². The van der Waals surface area contributed by atoms with Crippen molar-refractivity contribution < 1.29 is 0 Å². The van der Waals surface area contributed by atoms with Gasteiger partial charge in [0.15, 0.2) is 5.82 Å². The van der Waals surface area contributed by atoms with Gasteiger partial charge in [-0.05, 0) is 24.6 Å². The zero-order chi connectivity index (χ0) is 9.80. The van der Waals surface area contributed by atoms with Gasteiger partial charge in [-0.15, -0.1) is 0 Å². The van der Waals surface area contributed by atoms with Crippen molar-refractivity contribution in [3.8, 4) is 11.4 Å². The number of aromatic nitrogens is 3. The molecule has 0 spiro atoms. The highest BCUT2D eigenvalue weighted by molar-refractivity contribution is 5.52. The van der Waals surface area contributed by atoms with Crippen LogP contribution in [0.3, 0.4) is 0 Å². The van der Waals surface area contributed by atoms with Crippen LogP contribution in [-0.4, -0.2) is 15.0 Å². The van der Waals surface area contributed by atoms with E-state index in [1.165, 1.54) is 0 Å². The number of pyridine rings is 1. The molecular formula is C11H11N3. The monoisotopic (exact) mass is 185 g/mol. The first-order valence-corrected chi connectivity index (χ1v) is 4.62. The maximum absolute atomic E-state index is 4.29. The number of aryl methyl sites for hydroxylation is 1. The average Bonchev–Trinajstić information content (AvgIpc) is 2.30. The van der Waals surface area contributed by atoms with Gasteiger partial charge in [-0.3, -0.25) is 4.98 Å². The Balaban J connectivity index is 2.34. The van der Waals surface area contributed by atoms with E-state index in [4.69, 9.17) is 0 Å². The van der Waals surface area contributed by atoms with E-state index in [0.717, 1.165) is 23.5 Å². The van der Waals surface area contributed by atoms with E-state index in [-0.39, 0.29) is 0 Å². The Kier molecular flexibility index (Phi) is 2.49. The van der Waals surface area contributed by atoms with Gasteiger partial charge in [0.1, 0.15) is 0 Å². The zero-order valence-corrected chi connectivity index (χ0v) is 8.01. The first kappa shape index (κ1) is 8.81. The molecule has 2 heterocycles. The van der Waals surface area contributed by atoms with E-state index in [9.17, 15) is 0 Å². The Bertz CT molecular complexity index is 395. The molecule has 0 saturated carbocycles. The van der Waals surface area contributed by atoms with Gasteiger partial charge in [-0.2, -0.15) is 0 Å². The molecular weight excluding hydrogens is 174 g/mol. The second-order valence-corrected chi connectivity index (χ2v) is 2.96. The van der Waals surface area contributed by atoms with Crippen LogP contribution >= 0.6 is 0 Å². The van der Waals surface area contributed by atoms with Crippen molar-refractivity contribution in [2.45, 2.75) is 13.3 Å². The highest BCUT2D eigenvalue weighted by Gasteiger charge is 1.99. The van der Waals surface area contributed by atoms with Crippen LogP contribution in [0.4, 0.5) is 0 Å². The summed E-state index contributed by atoms with van der Waals surface area (Å²) in [5, 5.41) is 0. The fourth-order valence-electron chi connectivity index (χ4n) is 1.21. The predicted octanol–water partition coefficient (Wildman–Crippen LogP) is 2.10. The van der Waals surface area contributed by atoms with Crippen LogP contribution < -0.4 is 0 Å². The molecule has 0 N–H and O–H groups in total. The molecule has 0 bridgehead atoms. The SMILES string of the molecule is CCc1ccc(-c2ncccn2)cn1. The average molecular weight is 185 g/mol. The first-order valence-electron chi connectivity index (χ1n) is 4.62. The molecule has 0 radical (unpaired) electrons. The standard InChI is InChI=1S/C11H11N3/c1-2-10-5-4-9(8-14-10)11-12-6-3-7-13-11/h3-8H,2H2,1H3. The summed E-state index contributed by atoms with van der Waals surface area (Å²) in [5.41, 5.74) is 2.05. The second-order valence-electron chi connectivity index (χ2n) is 2.96. The molecule has 0 unspecified atom stereocenters. The molecule has 0 aromatic carbocycles. The van der Waals surface area contributed by atoms with E-state index >= 15 is 0 Å². The summed E-state index contributed by atoms with van der Waals surface area (Å²) < 4.78 is 0. The summed E-state index contributed by atoms with van der Waals surface area (Å²) in [4.78, 5) is 12.6. The van der Waals surface area contributed by atoms with Crippen molar-refractivity contribution in [3.05, 3.63) is 42.5 Å². The van der Waals surface area contributed by atoms with Crippen LogP contribution in [-0.2, 0) is 6.42 Å². The minimum Gasteiger partial charge on any atom is -0.261 e. The molecule has 14 heavy (non-hydrogen) atoms. The van der Waals surface area contributed by atoms with Crippen LogP contribution in [0.15, 0.2) is 36.8 Å². The predicted molar refractivity (Wildman–Crippen MR) is 54.6 cm³/mol. The molecule has 0 amide bonds. The van der Waals surface area contributed by atoms with Gasteiger partial charge in [0.05, 0.1) is 0 Å². The summed E-state index contributed by atoms with van der Waals surface area (Å²) in [6, 6.07) is 5.81. The Labute approximate surface area is 82.9 Å². The summed E-state index contributed by atoms with van der Waals surface area (Å²) in [6.45, 7) is 2.08. The summed E-state index contributed by atoms with van der Waals surface area (Å²) in [6.07, 6.45) is 6.23. The van der Waals surface area contributed by atoms with Crippen LogP contribution in [0.5, 0.6) is 0 Å². The molecule has 0 aliphatic carbocycles. The van der Waals surface area contributed by atoms with Gasteiger partial charge in [0.2, 0.25) is 0 Å². The van der Waals surface area contributed by atoms with Crippen LogP contribution in [0.2, 0.25) is 0 Å². The topological polar surface area (TPSA) is 38.7 Å². The molecule has 2 aromatic heterocycles. The molecule has 3 nitrogen and oxygen atoms in total. The molecule has 3 heteroatoms. The maximum atomic E-state index is 4.29. The molecule has 2 rings (SSSR count). The highest BCUT2D eigenvalue weighted by Crippen LogP contribution is 2.12. The van der Waals surface area contributed by atoms with E-state index in [1.54, 1.807) is 18.5 Å². The van der Waals surface area contributed by atoms with Gasteiger partial charge in [0, 0.05) is 29.8 Å². The lowest BCUT2D eigenvalue weighted by Gasteiger charge is -1.99. The maximum Gasteiger partial charge on any atom is 0.160 e. The Morgan fingerprint density at radius 1 is 1.07 bits per heavy atom. The van der Waals surface area contributed by atoms with Gasteiger partial charge in [-0.25, -0.2) is 9.97 Å². The van der Waals surface area contributed by atoms with E-state index in [0.29, 0.717) is 0 Å². The number of hydrogen-bond acceptors (Lipinski definition) is 3. The van der Waals surface area contributed by atoms with E-state index in [1.807, 2.05) is 18.3 Å². The molecule has 2 aromatic rings. The van der Waals surface area contributed by atoms with Gasteiger partial charge >= 0.3 is 0 Å². The normalized spacial score (nSPS) is 10.1. The van der Waals surface area contributed by atoms with Gasteiger partial charge < -0.3 is 0 Å². The number of nitrogens with zero attached hydrogens (tertiary/aromatic N) is 3. The lowest BCUT2D eigenvalue weighted by atomic mass is 10.2. The third kappa shape index (κ3) is 1.76. The Hall–Kier alpha value is -1.77. The fourth-order valence-corrected chi connectivity index (χ4v) is 1.21. The van der Waals surface area contributed by atoms with Crippen molar-refractivity contribution in [3.63, 3.8) is 0 Å². The minimum absolute atomic E-state index is 0.725. The summed E-state index contributed by atoms with van der Waals surface area (Å²) in [5.74, 6) is 0.725. The Morgan fingerprint density at radius 3 is 2.43 bits per heavy atom. The molecule has 0 fully saturated rings. The molecule has 0 atom stereocenters.